The number of benzene rings is 1. The van der Waals surface area contributed by atoms with E-state index in [1.807, 2.05) is 0 Å². The molecule has 0 fully saturated rings. The number of hydrogen-bond donors (Lipinski definition) is 6. The number of carboxylic acids is 2. The number of nitrogens with one attached hydrogen (secondary N) is 3. The first-order chi connectivity index (χ1) is 14.7. The number of amides is 1. The van der Waals surface area contributed by atoms with Crippen molar-refractivity contribution in [3.63, 3.8) is 0 Å². The molecule has 0 aliphatic heterocycles. The van der Waals surface area contributed by atoms with Gasteiger partial charge in [0.25, 0.3) is 11.5 Å². The maximum absolute atomic E-state index is 12.3. The topological polar surface area (TPSA) is 223 Å². The van der Waals surface area contributed by atoms with Crippen molar-refractivity contribution in [1.29, 1.82) is 0 Å². The monoisotopic (exact) mass is 541 g/mol. The summed E-state index contributed by atoms with van der Waals surface area (Å²) in [5, 5.41) is 20.6. The van der Waals surface area contributed by atoms with Gasteiger partial charge >= 0.3 is 130 Å². The van der Waals surface area contributed by atoms with Gasteiger partial charge in [-0.05, 0) is 42.5 Å². The Morgan fingerprint density at radius 1 is 1.06 bits per heavy atom. The predicted octanol–water partition coefficient (Wildman–Crippen LogP) is -11.7. The van der Waals surface area contributed by atoms with E-state index < -0.39 is 23.9 Å². The number of carboxylic acid groups (broad SMARTS) is 2. The molecule has 3 rings (SSSR count). The second-order valence-electron chi connectivity index (χ2n) is 6.98. The van der Waals surface area contributed by atoms with Crippen LogP contribution < -0.4 is 135 Å². The summed E-state index contributed by atoms with van der Waals surface area (Å²) < 4.78 is 0. The second kappa shape index (κ2) is 19.0. The van der Waals surface area contributed by atoms with Gasteiger partial charge < -0.3 is 37.4 Å². The van der Waals surface area contributed by atoms with Crippen LogP contribution in [0, 0.1) is 0 Å². The van der Waals surface area contributed by atoms with Crippen LogP contribution in [0.2, 0.25) is 0 Å². The van der Waals surface area contributed by atoms with Crippen LogP contribution in [0.3, 0.4) is 0 Å². The number of aromatic amines is 2. The van der Waals surface area contributed by atoms with Crippen LogP contribution in [-0.2, 0) is 22.4 Å². The molecule has 0 spiro atoms. The number of rotatable bonds is 9. The number of fused-ring (bicyclic) bond motifs is 1. The predicted molar refractivity (Wildman–Crippen MR) is 119 cm³/mol. The molecular formula is C20H27N5Na4O7. The third-order valence-corrected chi connectivity index (χ3v) is 4.79. The quantitative estimate of drug-likeness (QED) is 0.142. The van der Waals surface area contributed by atoms with Crippen molar-refractivity contribution in [3.05, 3.63) is 57.5 Å². The van der Waals surface area contributed by atoms with Crippen LogP contribution in [0.1, 0.15) is 40.0 Å². The standard InChI is InChI=1S/C20H21N5O6.4Na.H2O.4H/c21-20-24-16-15(18(29)25-20)12(9-22-16)6-3-10-1-4-11(5-2-10)17(28)23-13(19(30)31)7-8-14(26)27;;;;;;;;;/h1-2,4-5,9,13H,3,6-8H2,(H,23,28)(H,26,27)(H,30,31)(H4,21,22,24,25,29);;;;;1H2;;;;/q;4*+1;;4*-1/t13-;;;;;;;;;/m0........./s1. The van der Waals surface area contributed by atoms with E-state index >= 15 is 0 Å². The minimum Gasteiger partial charge on any atom is -1.00 e. The first kappa shape index (κ1) is 40.3. The molecule has 9 N–H and O–H groups in total. The Morgan fingerprint density at radius 3 is 2.22 bits per heavy atom. The summed E-state index contributed by atoms with van der Waals surface area (Å²) in [6.07, 6.45) is 2.27. The molecular weight excluding hydrogens is 514 g/mol. The molecule has 0 unspecified atom stereocenters. The fourth-order valence-electron chi connectivity index (χ4n) is 3.19. The Kier molecular flexibility index (Phi) is 21.2. The van der Waals surface area contributed by atoms with Crippen molar-refractivity contribution in [1.82, 2.24) is 20.3 Å². The third kappa shape index (κ3) is 11.3. The van der Waals surface area contributed by atoms with Crippen molar-refractivity contribution in [3.8, 4) is 0 Å². The number of nitrogen functional groups attached to an aromatic ring is 1. The van der Waals surface area contributed by atoms with E-state index in [2.05, 4.69) is 20.3 Å². The fourth-order valence-corrected chi connectivity index (χ4v) is 3.19. The molecule has 2 heterocycles. The van der Waals surface area contributed by atoms with Crippen LogP contribution in [-0.4, -0.2) is 54.5 Å². The van der Waals surface area contributed by atoms with Gasteiger partial charge in [0.05, 0.1) is 5.39 Å². The largest absolute Gasteiger partial charge is 1.00 e. The molecule has 0 saturated heterocycles. The number of carbonyl (C=O) groups excluding carboxylic acids is 1. The summed E-state index contributed by atoms with van der Waals surface area (Å²) in [6, 6.07) is 5.30. The molecule has 0 bridgehead atoms. The van der Waals surface area contributed by atoms with Crippen LogP contribution in [0.4, 0.5) is 5.95 Å². The molecule has 0 aliphatic carbocycles. The summed E-state index contributed by atoms with van der Waals surface area (Å²) in [5.41, 5.74) is 7.59. The summed E-state index contributed by atoms with van der Waals surface area (Å²) in [5.74, 6) is -3.00. The average Bonchev–Trinajstić information content (AvgIpc) is 3.12. The van der Waals surface area contributed by atoms with Crippen LogP contribution >= 0.6 is 0 Å². The summed E-state index contributed by atoms with van der Waals surface area (Å²) >= 11 is 0. The van der Waals surface area contributed by atoms with Gasteiger partial charge in [0, 0.05) is 18.2 Å². The van der Waals surface area contributed by atoms with Crippen molar-refractivity contribution in [2.75, 3.05) is 5.73 Å². The molecule has 1 aromatic carbocycles. The number of hydrogen-bond acceptors (Lipinski definition) is 6. The van der Waals surface area contributed by atoms with Gasteiger partial charge in [0.2, 0.25) is 5.95 Å². The molecule has 36 heavy (non-hydrogen) atoms. The maximum atomic E-state index is 12.3. The van der Waals surface area contributed by atoms with Gasteiger partial charge in [-0.2, -0.15) is 4.98 Å². The summed E-state index contributed by atoms with van der Waals surface area (Å²) in [7, 11) is 0. The van der Waals surface area contributed by atoms with Gasteiger partial charge in [-0.3, -0.25) is 19.4 Å². The number of nitrogens with zero attached hydrogens (tertiary/aromatic N) is 1. The third-order valence-electron chi connectivity index (χ3n) is 4.79. The molecule has 3 aromatic rings. The Labute approximate surface area is 300 Å². The summed E-state index contributed by atoms with van der Waals surface area (Å²) in [6.45, 7) is 0. The molecule has 1 atom stereocenters. The first-order valence-electron chi connectivity index (χ1n) is 9.44. The number of aryl methyl sites for hydroxylation is 2. The Morgan fingerprint density at radius 2 is 1.67 bits per heavy atom. The number of nitrogens with two attached hydrogens (primary N) is 1. The first-order valence-corrected chi connectivity index (χ1v) is 9.44. The maximum Gasteiger partial charge on any atom is 1.00 e. The van der Waals surface area contributed by atoms with Gasteiger partial charge in [-0.15, -0.1) is 0 Å². The van der Waals surface area contributed by atoms with Crippen molar-refractivity contribution < 1.29 is 154 Å². The van der Waals surface area contributed by atoms with Gasteiger partial charge in [-0.1, -0.05) is 12.1 Å². The molecule has 0 saturated carbocycles. The zero-order valence-electron chi connectivity index (χ0n) is 24.8. The number of aliphatic carboxylic acids is 2. The Hall–Kier alpha value is -0.190. The summed E-state index contributed by atoms with van der Waals surface area (Å²) in [4.78, 5) is 55.7. The van der Waals surface area contributed by atoms with Crippen molar-refractivity contribution in [2.45, 2.75) is 31.7 Å². The average molecular weight is 541 g/mol. The van der Waals surface area contributed by atoms with Gasteiger partial charge in [-0.25, -0.2) is 4.79 Å². The van der Waals surface area contributed by atoms with E-state index in [4.69, 9.17) is 15.9 Å². The number of carbonyl (C=O) groups is 3. The van der Waals surface area contributed by atoms with Gasteiger partial charge in [0.1, 0.15) is 11.7 Å². The number of aromatic nitrogens is 3. The molecule has 0 radical (unpaired) electrons. The van der Waals surface area contributed by atoms with E-state index in [1.165, 1.54) is 0 Å². The van der Waals surface area contributed by atoms with E-state index in [0.717, 1.165) is 11.1 Å². The normalized spacial score (nSPS) is 10.2. The second-order valence-corrected chi connectivity index (χ2v) is 6.98. The molecule has 2 aromatic heterocycles. The van der Waals surface area contributed by atoms with E-state index in [-0.39, 0.29) is 159 Å². The molecule has 12 nitrogen and oxygen atoms in total. The van der Waals surface area contributed by atoms with E-state index in [1.54, 1.807) is 30.5 Å². The Balaban J connectivity index is -0.000000242. The molecule has 0 aliphatic rings. The van der Waals surface area contributed by atoms with Crippen LogP contribution in [0.15, 0.2) is 35.3 Å². The Bertz CT molecular complexity index is 1220. The van der Waals surface area contributed by atoms with E-state index in [9.17, 15) is 19.2 Å². The van der Waals surface area contributed by atoms with Crippen molar-refractivity contribution in [2.24, 2.45) is 0 Å². The van der Waals surface area contributed by atoms with E-state index in [0.29, 0.717) is 23.9 Å². The fraction of sp³-hybridized carbons (Fsp3) is 0.250. The minimum absolute atomic E-state index is 0. The van der Waals surface area contributed by atoms with Crippen LogP contribution in [0.25, 0.3) is 11.0 Å². The number of anilines is 1. The molecule has 1 amide bonds. The molecule has 16 heteroatoms. The zero-order chi connectivity index (χ0) is 22.5. The van der Waals surface area contributed by atoms with Gasteiger partial charge in [0.15, 0.2) is 0 Å². The molecule has 178 valence electrons. The zero-order valence-corrected chi connectivity index (χ0v) is 28.8. The minimum atomic E-state index is -1.30. The SMILES string of the molecule is Nc1nc2[nH]cc(CCc3ccc(C(=O)N[C@@H](CCC(=O)O)C(=O)O)cc3)c2c(=O)[nH]1.O.[H-].[H-].[H-].[H-].[Na+].[Na+].[Na+].[Na+]. The smallest absolute Gasteiger partial charge is 1.00 e. The van der Waals surface area contributed by atoms with Crippen LogP contribution in [0.5, 0.6) is 0 Å². The number of H-pyrrole nitrogens is 2. The van der Waals surface area contributed by atoms with Crippen molar-refractivity contribution >= 4 is 34.8 Å².